The fourth-order valence-electron chi connectivity index (χ4n) is 0.584. The molecular formula is C7H12N2O2. The number of ether oxygens (including phenoxy) is 1. The molecule has 0 aromatic rings. The van der Waals surface area contributed by atoms with Crippen LogP contribution in [-0.2, 0) is 9.53 Å². The molecule has 0 aromatic carbocycles. The smallest absolute Gasteiger partial charge is 0.172 e. The number of rotatable bonds is 6. The first-order valence-electron chi connectivity index (χ1n) is 3.39. The van der Waals surface area contributed by atoms with Crippen molar-refractivity contribution in [3.05, 3.63) is 0 Å². The summed E-state index contributed by atoms with van der Waals surface area (Å²) < 4.78 is 4.61. The van der Waals surface area contributed by atoms with E-state index < -0.39 is 0 Å². The highest BCUT2D eigenvalue weighted by atomic mass is 16.5. The van der Waals surface area contributed by atoms with Crippen molar-refractivity contribution in [1.29, 1.82) is 5.26 Å². The zero-order valence-corrected chi connectivity index (χ0v) is 6.59. The molecule has 0 saturated carbocycles. The van der Waals surface area contributed by atoms with Crippen molar-refractivity contribution < 1.29 is 9.53 Å². The molecular weight excluding hydrogens is 144 g/mol. The fraction of sp³-hybridized carbons (Fsp3) is 0.714. The molecule has 0 bridgehead atoms. The number of nitrogens with one attached hydrogen (secondary N) is 1. The summed E-state index contributed by atoms with van der Waals surface area (Å²) in [6.45, 7) is 0.987. The van der Waals surface area contributed by atoms with Crippen LogP contribution in [0.2, 0.25) is 0 Å². The SMILES string of the molecule is COCC(=O)CNCCC#N. The third-order valence-electron chi connectivity index (χ3n) is 1.04. The Morgan fingerprint density at radius 1 is 1.73 bits per heavy atom. The van der Waals surface area contributed by atoms with Crippen LogP contribution < -0.4 is 5.32 Å². The number of hydrogen-bond acceptors (Lipinski definition) is 4. The average molecular weight is 156 g/mol. The average Bonchev–Trinajstić information content (AvgIpc) is 1.99. The lowest BCUT2D eigenvalue weighted by Crippen LogP contribution is -2.26. The molecule has 0 aliphatic carbocycles. The van der Waals surface area contributed by atoms with Crippen LogP contribution in [0.15, 0.2) is 0 Å². The standard InChI is InChI=1S/C7H12N2O2/c1-11-6-7(10)5-9-4-2-3-8/h9H,2,4-6H2,1H3. The minimum Gasteiger partial charge on any atom is -0.377 e. The Bertz CT molecular complexity index is 151. The summed E-state index contributed by atoms with van der Waals surface area (Å²) in [5.41, 5.74) is 0. The molecule has 4 nitrogen and oxygen atoms in total. The van der Waals surface area contributed by atoms with E-state index in [1.165, 1.54) is 7.11 Å². The Hall–Kier alpha value is -0.920. The summed E-state index contributed by atoms with van der Waals surface area (Å²) >= 11 is 0. The molecule has 11 heavy (non-hydrogen) atoms. The van der Waals surface area contributed by atoms with Gasteiger partial charge < -0.3 is 10.1 Å². The van der Waals surface area contributed by atoms with Crippen LogP contribution >= 0.6 is 0 Å². The zero-order chi connectivity index (χ0) is 8.53. The molecule has 0 radical (unpaired) electrons. The second-order valence-corrected chi connectivity index (χ2v) is 2.06. The number of hydrogen-bond donors (Lipinski definition) is 1. The minimum absolute atomic E-state index is 0.00504. The van der Waals surface area contributed by atoms with Crippen molar-refractivity contribution in [3.63, 3.8) is 0 Å². The highest BCUT2D eigenvalue weighted by Gasteiger charge is 1.97. The number of Topliss-reactive ketones (excluding diaryl/α,β-unsaturated/α-hetero) is 1. The number of nitrogens with zero attached hydrogens (tertiary/aromatic N) is 1. The molecule has 0 amide bonds. The second-order valence-electron chi connectivity index (χ2n) is 2.06. The summed E-state index contributed by atoms with van der Waals surface area (Å²) in [5, 5.41) is 11.0. The van der Waals surface area contributed by atoms with Crippen LogP contribution in [0.4, 0.5) is 0 Å². The Labute approximate surface area is 66.1 Å². The molecule has 0 saturated heterocycles. The van der Waals surface area contributed by atoms with Gasteiger partial charge in [0.15, 0.2) is 5.78 Å². The molecule has 0 unspecified atom stereocenters. The molecule has 1 N–H and O–H groups in total. The van der Waals surface area contributed by atoms with Gasteiger partial charge in [-0.3, -0.25) is 4.79 Å². The van der Waals surface area contributed by atoms with Gasteiger partial charge in [0.2, 0.25) is 0 Å². The van der Waals surface area contributed by atoms with E-state index in [2.05, 4.69) is 10.1 Å². The van der Waals surface area contributed by atoms with Gasteiger partial charge >= 0.3 is 0 Å². The van der Waals surface area contributed by atoms with E-state index >= 15 is 0 Å². The van der Waals surface area contributed by atoms with Gasteiger partial charge in [-0.05, 0) is 0 Å². The molecule has 0 spiro atoms. The second kappa shape index (κ2) is 7.19. The summed E-state index contributed by atoms with van der Waals surface area (Å²) in [5.74, 6) is 0.00504. The van der Waals surface area contributed by atoms with E-state index in [1.54, 1.807) is 0 Å². The van der Waals surface area contributed by atoms with Crippen LogP contribution in [-0.4, -0.2) is 32.6 Å². The Kier molecular flexibility index (Phi) is 6.59. The monoisotopic (exact) mass is 156 g/mol. The number of carbonyl (C=O) groups excluding carboxylic acids is 1. The van der Waals surface area contributed by atoms with Crippen molar-refractivity contribution in [2.75, 3.05) is 26.8 Å². The molecule has 0 aromatic heterocycles. The molecule has 4 heteroatoms. The van der Waals surface area contributed by atoms with Gasteiger partial charge in [0.1, 0.15) is 6.61 Å². The lowest BCUT2D eigenvalue weighted by molar-refractivity contribution is -0.121. The largest absolute Gasteiger partial charge is 0.377 e. The lowest BCUT2D eigenvalue weighted by Gasteiger charge is -1.99. The van der Waals surface area contributed by atoms with Crippen molar-refractivity contribution in [1.82, 2.24) is 5.32 Å². The van der Waals surface area contributed by atoms with Crippen LogP contribution in [0, 0.1) is 11.3 Å². The Morgan fingerprint density at radius 2 is 2.45 bits per heavy atom. The first-order chi connectivity index (χ1) is 5.31. The van der Waals surface area contributed by atoms with Crippen molar-refractivity contribution in [3.8, 4) is 6.07 Å². The number of nitriles is 1. The molecule has 0 rings (SSSR count). The van der Waals surface area contributed by atoms with E-state index in [0.717, 1.165) is 0 Å². The predicted octanol–water partition coefficient (Wildman–Crippen LogP) is -0.295. The topological polar surface area (TPSA) is 62.1 Å². The van der Waals surface area contributed by atoms with Gasteiger partial charge in [-0.1, -0.05) is 0 Å². The van der Waals surface area contributed by atoms with E-state index in [9.17, 15) is 4.79 Å². The summed E-state index contributed by atoms with van der Waals surface area (Å²) in [4.78, 5) is 10.7. The molecule has 0 heterocycles. The highest BCUT2D eigenvalue weighted by Crippen LogP contribution is 1.74. The Balaban J connectivity index is 3.12. The number of carbonyl (C=O) groups is 1. The van der Waals surface area contributed by atoms with Gasteiger partial charge in [-0.25, -0.2) is 0 Å². The normalized spacial score (nSPS) is 9.09. The van der Waals surface area contributed by atoms with Crippen molar-refractivity contribution >= 4 is 5.78 Å². The lowest BCUT2D eigenvalue weighted by atomic mass is 10.4. The molecule has 0 aliphatic rings. The van der Waals surface area contributed by atoms with E-state index in [1.807, 2.05) is 6.07 Å². The van der Waals surface area contributed by atoms with Gasteiger partial charge in [0.25, 0.3) is 0 Å². The quantitative estimate of drug-likeness (QED) is 0.536. The fourth-order valence-corrected chi connectivity index (χ4v) is 0.584. The maximum Gasteiger partial charge on any atom is 0.172 e. The minimum atomic E-state index is 0.00504. The molecule has 0 aliphatic heterocycles. The first kappa shape index (κ1) is 10.1. The third kappa shape index (κ3) is 6.97. The van der Waals surface area contributed by atoms with E-state index in [-0.39, 0.29) is 18.9 Å². The van der Waals surface area contributed by atoms with Gasteiger partial charge in [0, 0.05) is 20.1 Å². The predicted molar refractivity (Wildman–Crippen MR) is 40.0 cm³/mol. The Morgan fingerprint density at radius 3 is 3.00 bits per heavy atom. The maximum absolute atomic E-state index is 10.7. The summed E-state index contributed by atoms with van der Waals surface area (Å²) in [7, 11) is 1.48. The van der Waals surface area contributed by atoms with Crippen molar-refractivity contribution in [2.24, 2.45) is 0 Å². The number of methoxy groups -OCH3 is 1. The van der Waals surface area contributed by atoms with E-state index in [4.69, 9.17) is 5.26 Å². The van der Waals surface area contributed by atoms with Crippen LogP contribution in [0.25, 0.3) is 0 Å². The molecule has 0 fully saturated rings. The van der Waals surface area contributed by atoms with Crippen LogP contribution in [0.3, 0.4) is 0 Å². The maximum atomic E-state index is 10.7. The van der Waals surface area contributed by atoms with Crippen LogP contribution in [0.5, 0.6) is 0 Å². The highest BCUT2D eigenvalue weighted by molar-refractivity contribution is 5.81. The molecule has 0 atom stereocenters. The van der Waals surface area contributed by atoms with Crippen molar-refractivity contribution in [2.45, 2.75) is 6.42 Å². The van der Waals surface area contributed by atoms with Gasteiger partial charge in [-0.2, -0.15) is 5.26 Å². The first-order valence-corrected chi connectivity index (χ1v) is 3.39. The zero-order valence-electron chi connectivity index (χ0n) is 6.59. The number of ketones is 1. The summed E-state index contributed by atoms with van der Waals surface area (Å²) in [6.07, 6.45) is 0.431. The van der Waals surface area contributed by atoms with Gasteiger partial charge in [0.05, 0.1) is 12.6 Å². The third-order valence-corrected chi connectivity index (χ3v) is 1.04. The molecule has 62 valence electrons. The summed E-state index contributed by atoms with van der Waals surface area (Å²) in [6, 6.07) is 1.97. The van der Waals surface area contributed by atoms with E-state index in [0.29, 0.717) is 13.0 Å². The van der Waals surface area contributed by atoms with Crippen LogP contribution in [0.1, 0.15) is 6.42 Å². The van der Waals surface area contributed by atoms with Gasteiger partial charge in [-0.15, -0.1) is 0 Å².